The zero-order valence-corrected chi connectivity index (χ0v) is 20.6. The van der Waals surface area contributed by atoms with Crippen LogP contribution in [0.25, 0.3) is 5.57 Å². The molecule has 2 N–H and O–H groups in total. The maximum Gasteiger partial charge on any atom is 0.152 e. The number of hydrogen-bond acceptors (Lipinski definition) is 5. The second-order valence-corrected chi connectivity index (χ2v) is 9.78. The van der Waals surface area contributed by atoms with Gasteiger partial charge in [0.1, 0.15) is 6.07 Å². The number of nitrogens with two attached hydrogens (primary N) is 1. The van der Waals surface area contributed by atoms with Crippen molar-refractivity contribution in [1.82, 2.24) is 9.88 Å². The summed E-state index contributed by atoms with van der Waals surface area (Å²) in [7, 11) is 0. The molecule has 176 valence electrons. The number of allylic oxidation sites excluding steroid dienone is 1. The highest BCUT2D eigenvalue weighted by atomic mass is 15.1. The summed E-state index contributed by atoms with van der Waals surface area (Å²) in [5.74, 6) is 1.78. The molecule has 1 fully saturated rings. The van der Waals surface area contributed by atoms with E-state index in [-0.39, 0.29) is 0 Å². The third kappa shape index (κ3) is 4.98. The van der Waals surface area contributed by atoms with Crippen molar-refractivity contribution in [2.24, 2.45) is 16.6 Å². The number of pyridine rings is 1. The highest BCUT2D eigenvalue weighted by Gasteiger charge is 2.30. The second-order valence-electron chi connectivity index (χ2n) is 9.78. The average Bonchev–Trinajstić information content (AvgIpc) is 3.23. The molecule has 34 heavy (non-hydrogen) atoms. The van der Waals surface area contributed by atoms with Gasteiger partial charge in [-0.1, -0.05) is 32.1 Å². The van der Waals surface area contributed by atoms with Crippen molar-refractivity contribution in [3.63, 3.8) is 0 Å². The van der Waals surface area contributed by atoms with Crippen LogP contribution in [0.5, 0.6) is 0 Å². The molecule has 0 spiro atoms. The van der Waals surface area contributed by atoms with Crippen LogP contribution in [0.4, 0.5) is 5.82 Å². The number of benzene rings is 1. The number of nitriles is 1. The maximum absolute atomic E-state index is 9.10. The highest BCUT2D eigenvalue weighted by Crippen LogP contribution is 2.39. The molecule has 1 aromatic carbocycles. The summed E-state index contributed by atoms with van der Waals surface area (Å²) in [4.78, 5) is 11.3. The first-order valence-electron chi connectivity index (χ1n) is 12.3. The van der Waals surface area contributed by atoms with Gasteiger partial charge < -0.3 is 5.73 Å². The zero-order chi connectivity index (χ0) is 24.2. The molecule has 2 aromatic rings. The average molecular weight is 454 g/mol. The first-order valence-corrected chi connectivity index (χ1v) is 12.3. The molecule has 0 bridgehead atoms. The lowest BCUT2D eigenvalue weighted by molar-refractivity contribution is 0.165. The fourth-order valence-electron chi connectivity index (χ4n) is 5.51. The number of fused-ring (bicyclic) bond motifs is 1. The number of rotatable bonds is 6. The van der Waals surface area contributed by atoms with Crippen LogP contribution in [0.2, 0.25) is 0 Å². The molecule has 2 aliphatic rings. The zero-order valence-electron chi connectivity index (χ0n) is 20.6. The van der Waals surface area contributed by atoms with E-state index in [0.29, 0.717) is 23.2 Å². The fraction of sp³-hybridized carbons (Fsp3) is 0.414. The van der Waals surface area contributed by atoms with Gasteiger partial charge in [-0.25, -0.2) is 9.98 Å². The van der Waals surface area contributed by atoms with Crippen molar-refractivity contribution in [3.05, 3.63) is 76.1 Å². The van der Waals surface area contributed by atoms with Gasteiger partial charge in [0.15, 0.2) is 5.82 Å². The van der Waals surface area contributed by atoms with Crippen LogP contribution in [0.1, 0.15) is 65.5 Å². The van der Waals surface area contributed by atoms with Gasteiger partial charge in [-0.3, -0.25) is 4.90 Å². The molecule has 1 aliphatic carbocycles. The molecule has 4 rings (SSSR count). The Hall–Kier alpha value is -3.23. The van der Waals surface area contributed by atoms with Gasteiger partial charge in [-0.2, -0.15) is 5.26 Å². The van der Waals surface area contributed by atoms with Crippen LogP contribution in [0, 0.1) is 31.1 Å². The SMILES string of the molecule is C=C1CCc2c1ccc(C1CC(CC)CN(CC(C=Nc3cc(C)c(C#N)cn3)=CN)C1)c2C. The predicted molar refractivity (Wildman–Crippen MR) is 140 cm³/mol. The van der Waals surface area contributed by atoms with Gasteiger partial charge in [0.05, 0.1) is 5.56 Å². The van der Waals surface area contributed by atoms with Crippen LogP contribution in [-0.2, 0) is 6.42 Å². The van der Waals surface area contributed by atoms with Crippen LogP contribution < -0.4 is 5.73 Å². The molecule has 2 atom stereocenters. The Morgan fingerprint density at radius 1 is 1.32 bits per heavy atom. The van der Waals surface area contributed by atoms with E-state index in [9.17, 15) is 0 Å². The Labute approximate surface area is 203 Å². The maximum atomic E-state index is 9.10. The third-order valence-electron chi connectivity index (χ3n) is 7.53. The molecule has 2 unspecified atom stereocenters. The Morgan fingerprint density at radius 3 is 2.85 bits per heavy atom. The summed E-state index contributed by atoms with van der Waals surface area (Å²) in [5, 5.41) is 9.10. The number of likely N-dealkylation sites (tertiary alicyclic amines) is 1. The Morgan fingerprint density at radius 2 is 2.15 bits per heavy atom. The summed E-state index contributed by atoms with van der Waals surface area (Å²) in [6, 6.07) is 8.63. The van der Waals surface area contributed by atoms with E-state index < -0.39 is 0 Å². The molecular weight excluding hydrogens is 418 g/mol. The van der Waals surface area contributed by atoms with Crippen LogP contribution in [0.3, 0.4) is 0 Å². The summed E-state index contributed by atoms with van der Waals surface area (Å²) in [6.07, 6.45) is 9.66. The van der Waals surface area contributed by atoms with E-state index in [1.54, 1.807) is 12.4 Å². The number of aryl methyl sites for hydroxylation is 1. The number of hydrogen-bond donors (Lipinski definition) is 1. The standard InChI is InChI=1S/C29H35N5/c1-5-22-11-24(27-9-8-26-19(2)6-7-28(26)21(27)4)18-34(16-22)17-23(12-30)14-32-29-10-20(3)25(13-31)15-33-29/h8-10,12,14-15,22,24H,2,5-7,11,16-18,30H2,1,3-4H3. The van der Waals surface area contributed by atoms with E-state index >= 15 is 0 Å². The van der Waals surface area contributed by atoms with E-state index in [1.165, 1.54) is 40.7 Å². The molecule has 0 saturated carbocycles. The molecule has 0 amide bonds. The summed E-state index contributed by atoms with van der Waals surface area (Å²) in [6.45, 7) is 13.6. The van der Waals surface area contributed by atoms with Gasteiger partial charge in [-0.15, -0.1) is 0 Å². The van der Waals surface area contributed by atoms with Gasteiger partial charge in [0.25, 0.3) is 0 Å². The summed E-state index contributed by atoms with van der Waals surface area (Å²) < 4.78 is 0. The van der Waals surface area contributed by atoms with Gasteiger partial charge in [0, 0.05) is 32.0 Å². The third-order valence-corrected chi connectivity index (χ3v) is 7.53. The summed E-state index contributed by atoms with van der Waals surface area (Å²) >= 11 is 0. The quantitative estimate of drug-likeness (QED) is 0.578. The lowest BCUT2D eigenvalue weighted by atomic mass is 9.80. The minimum atomic E-state index is 0.525. The minimum Gasteiger partial charge on any atom is -0.404 e. The van der Waals surface area contributed by atoms with Crippen LogP contribution >= 0.6 is 0 Å². The molecule has 0 radical (unpaired) electrons. The van der Waals surface area contributed by atoms with E-state index in [1.807, 2.05) is 19.2 Å². The van der Waals surface area contributed by atoms with Crippen molar-refractivity contribution in [1.29, 1.82) is 5.26 Å². The molecule has 1 aromatic heterocycles. The van der Waals surface area contributed by atoms with Crippen LogP contribution in [-0.4, -0.2) is 35.7 Å². The van der Waals surface area contributed by atoms with E-state index in [2.05, 4.69) is 53.5 Å². The first kappa shape index (κ1) is 23.9. The second kappa shape index (κ2) is 10.4. The van der Waals surface area contributed by atoms with Crippen molar-refractivity contribution in [3.8, 4) is 6.07 Å². The van der Waals surface area contributed by atoms with Crippen molar-refractivity contribution in [2.45, 2.75) is 52.4 Å². The van der Waals surface area contributed by atoms with Gasteiger partial charge in [-0.05, 0) is 96.2 Å². The number of nitrogens with zero attached hydrogens (tertiary/aromatic N) is 4. The van der Waals surface area contributed by atoms with Gasteiger partial charge >= 0.3 is 0 Å². The van der Waals surface area contributed by atoms with Crippen LogP contribution in [0.15, 0.2) is 47.7 Å². The lowest BCUT2D eigenvalue weighted by Crippen LogP contribution is -2.40. The summed E-state index contributed by atoms with van der Waals surface area (Å²) in [5.41, 5.74) is 15.5. The Balaban J connectivity index is 1.50. The van der Waals surface area contributed by atoms with E-state index in [4.69, 9.17) is 11.0 Å². The molecule has 1 saturated heterocycles. The largest absolute Gasteiger partial charge is 0.404 e. The lowest BCUT2D eigenvalue weighted by Gasteiger charge is -2.38. The monoisotopic (exact) mass is 453 g/mol. The fourth-order valence-corrected chi connectivity index (χ4v) is 5.51. The van der Waals surface area contributed by atoms with E-state index in [0.717, 1.165) is 43.6 Å². The topological polar surface area (TPSA) is 78.3 Å². The van der Waals surface area contributed by atoms with Crippen molar-refractivity contribution >= 4 is 17.6 Å². The minimum absolute atomic E-state index is 0.525. The van der Waals surface area contributed by atoms with Gasteiger partial charge in [0.2, 0.25) is 0 Å². The molecule has 5 heteroatoms. The number of aliphatic imine (C=N–C) groups is 1. The Kier molecular flexibility index (Phi) is 7.29. The Bertz CT molecular complexity index is 1180. The smallest absolute Gasteiger partial charge is 0.152 e. The van der Waals surface area contributed by atoms with Crippen molar-refractivity contribution in [2.75, 3.05) is 19.6 Å². The number of piperidine rings is 1. The molecular formula is C29H35N5. The molecule has 5 nitrogen and oxygen atoms in total. The predicted octanol–water partition coefficient (Wildman–Crippen LogP) is 5.59. The normalized spacial score (nSPS) is 21.1. The molecule has 1 aliphatic heterocycles. The highest BCUT2D eigenvalue weighted by molar-refractivity contribution is 5.81. The number of aromatic nitrogens is 1. The first-order chi connectivity index (χ1) is 16.4. The van der Waals surface area contributed by atoms with Crippen molar-refractivity contribution < 1.29 is 0 Å². The molecule has 2 heterocycles.